The fraction of sp³-hybridized carbons (Fsp3) is 0.462. The highest BCUT2D eigenvalue weighted by atomic mass is 32.2. The predicted octanol–water partition coefficient (Wildman–Crippen LogP) is 2.21. The fourth-order valence-corrected chi connectivity index (χ4v) is 2.78. The molecule has 0 spiro atoms. The number of pyridine rings is 1. The quantitative estimate of drug-likeness (QED) is 0.789. The van der Waals surface area contributed by atoms with Gasteiger partial charge >= 0.3 is 5.97 Å². The Hall–Kier alpha value is -1.60. The molecule has 1 atom stereocenters. The summed E-state index contributed by atoms with van der Waals surface area (Å²) in [5.41, 5.74) is 1.71. The van der Waals surface area contributed by atoms with Gasteiger partial charge in [0.2, 0.25) is 0 Å². The van der Waals surface area contributed by atoms with Crippen LogP contribution in [0.1, 0.15) is 19.9 Å². The van der Waals surface area contributed by atoms with E-state index in [-0.39, 0.29) is 11.8 Å². The molecule has 0 bridgehead atoms. The number of hydrogen-bond acceptors (Lipinski definition) is 5. The van der Waals surface area contributed by atoms with Crippen LogP contribution >= 0.6 is 11.8 Å². The number of aliphatic carboxylic acids is 1. The SMILES string of the molecule is CCOCC(C)n1c(SCC(=O)O)nc2cnccc21. The first kappa shape index (κ1) is 14.8. The van der Waals surface area contributed by atoms with Crippen molar-refractivity contribution in [1.29, 1.82) is 0 Å². The van der Waals surface area contributed by atoms with Crippen molar-refractivity contribution >= 4 is 28.8 Å². The monoisotopic (exact) mass is 295 g/mol. The molecule has 0 amide bonds. The second-order valence-corrected chi connectivity index (χ2v) is 5.26. The zero-order valence-electron chi connectivity index (χ0n) is 11.4. The molecule has 20 heavy (non-hydrogen) atoms. The third kappa shape index (κ3) is 3.29. The smallest absolute Gasteiger partial charge is 0.313 e. The third-order valence-electron chi connectivity index (χ3n) is 2.79. The van der Waals surface area contributed by atoms with Gasteiger partial charge in [0.05, 0.1) is 30.1 Å². The Morgan fingerprint density at radius 1 is 1.60 bits per heavy atom. The molecule has 0 aliphatic carbocycles. The lowest BCUT2D eigenvalue weighted by molar-refractivity contribution is -0.133. The predicted molar refractivity (Wildman–Crippen MR) is 77.1 cm³/mol. The second-order valence-electron chi connectivity index (χ2n) is 4.32. The molecular weight excluding hydrogens is 278 g/mol. The number of carboxylic acid groups (broad SMARTS) is 1. The van der Waals surface area contributed by atoms with Crippen molar-refractivity contribution < 1.29 is 14.6 Å². The van der Waals surface area contributed by atoms with Crippen LogP contribution in [-0.4, -0.2) is 44.6 Å². The summed E-state index contributed by atoms with van der Waals surface area (Å²) in [5, 5.41) is 9.51. The highest BCUT2D eigenvalue weighted by molar-refractivity contribution is 7.99. The topological polar surface area (TPSA) is 77.2 Å². The first-order chi connectivity index (χ1) is 9.63. The van der Waals surface area contributed by atoms with Crippen molar-refractivity contribution in [2.24, 2.45) is 0 Å². The molecule has 2 aromatic heterocycles. The van der Waals surface area contributed by atoms with Crippen LogP contribution in [0, 0.1) is 0 Å². The van der Waals surface area contributed by atoms with Crippen LogP contribution in [0.4, 0.5) is 0 Å². The number of hydrogen-bond donors (Lipinski definition) is 1. The van der Waals surface area contributed by atoms with Gasteiger partial charge in [0.1, 0.15) is 5.52 Å². The van der Waals surface area contributed by atoms with E-state index in [4.69, 9.17) is 9.84 Å². The zero-order chi connectivity index (χ0) is 14.5. The summed E-state index contributed by atoms with van der Waals surface area (Å²) in [4.78, 5) is 19.3. The summed E-state index contributed by atoms with van der Waals surface area (Å²) < 4.78 is 7.47. The minimum Gasteiger partial charge on any atom is -0.481 e. The molecule has 0 saturated heterocycles. The fourth-order valence-electron chi connectivity index (χ4n) is 1.95. The van der Waals surface area contributed by atoms with Crippen LogP contribution in [-0.2, 0) is 9.53 Å². The summed E-state index contributed by atoms with van der Waals surface area (Å²) in [6.07, 6.45) is 3.39. The van der Waals surface area contributed by atoms with Crippen molar-refractivity contribution in [1.82, 2.24) is 14.5 Å². The molecule has 2 heterocycles. The summed E-state index contributed by atoms with van der Waals surface area (Å²) in [5.74, 6) is -0.873. The molecule has 2 rings (SSSR count). The molecule has 0 aliphatic rings. The van der Waals surface area contributed by atoms with Crippen molar-refractivity contribution in [2.75, 3.05) is 19.0 Å². The number of carboxylic acids is 1. The molecule has 7 heteroatoms. The third-order valence-corrected chi connectivity index (χ3v) is 3.73. The summed E-state index contributed by atoms with van der Waals surface area (Å²) in [7, 11) is 0. The van der Waals surface area contributed by atoms with Gasteiger partial charge in [-0.3, -0.25) is 9.78 Å². The number of imidazole rings is 1. The van der Waals surface area contributed by atoms with E-state index in [9.17, 15) is 4.79 Å². The second kappa shape index (κ2) is 6.71. The highest BCUT2D eigenvalue weighted by Gasteiger charge is 2.17. The average molecular weight is 295 g/mol. The lowest BCUT2D eigenvalue weighted by Gasteiger charge is -2.16. The number of carbonyl (C=O) groups is 1. The van der Waals surface area contributed by atoms with Gasteiger partial charge in [-0.1, -0.05) is 11.8 Å². The summed E-state index contributed by atoms with van der Waals surface area (Å²) >= 11 is 1.21. The Kier molecular flexibility index (Phi) is 4.97. The Balaban J connectivity index is 2.36. The molecule has 1 N–H and O–H groups in total. The molecule has 108 valence electrons. The number of fused-ring (bicyclic) bond motifs is 1. The van der Waals surface area contributed by atoms with Gasteiger partial charge in [-0.2, -0.15) is 0 Å². The minimum atomic E-state index is -0.857. The number of thioether (sulfide) groups is 1. The van der Waals surface area contributed by atoms with E-state index in [1.807, 2.05) is 24.5 Å². The van der Waals surface area contributed by atoms with E-state index in [0.29, 0.717) is 18.4 Å². The van der Waals surface area contributed by atoms with E-state index in [2.05, 4.69) is 9.97 Å². The number of rotatable bonds is 7. The van der Waals surface area contributed by atoms with Gasteiger partial charge in [0.15, 0.2) is 5.16 Å². The molecule has 0 saturated carbocycles. The Labute approximate surface area is 121 Å². The van der Waals surface area contributed by atoms with E-state index < -0.39 is 5.97 Å². The highest BCUT2D eigenvalue weighted by Crippen LogP contribution is 2.27. The molecule has 2 aromatic rings. The van der Waals surface area contributed by atoms with Crippen LogP contribution in [0.15, 0.2) is 23.6 Å². The molecule has 0 radical (unpaired) electrons. The average Bonchev–Trinajstić information content (AvgIpc) is 2.81. The van der Waals surface area contributed by atoms with Gasteiger partial charge in [-0.05, 0) is 19.9 Å². The molecule has 0 aromatic carbocycles. The van der Waals surface area contributed by atoms with Crippen molar-refractivity contribution in [2.45, 2.75) is 25.0 Å². The van der Waals surface area contributed by atoms with Gasteiger partial charge in [-0.15, -0.1) is 0 Å². The maximum absolute atomic E-state index is 10.7. The number of nitrogens with zero attached hydrogens (tertiary/aromatic N) is 3. The van der Waals surface area contributed by atoms with Crippen LogP contribution in [0.5, 0.6) is 0 Å². The van der Waals surface area contributed by atoms with Crippen molar-refractivity contribution in [3.05, 3.63) is 18.5 Å². The van der Waals surface area contributed by atoms with Gasteiger partial charge in [0, 0.05) is 12.8 Å². The van der Waals surface area contributed by atoms with Crippen LogP contribution in [0.25, 0.3) is 11.0 Å². The lowest BCUT2D eigenvalue weighted by atomic mass is 10.3. The Bertz CT molecular complexity index is 600. The van der Waals surface area contributed by atoms with Crippen LogP contribution in [0.2, 0.25) is 0 Å². The summed E-state index contributed by atoms with van der Waals surface area (Å²) in [6.45, 7) is 5.19. The van der Waals surface area contributed by atoms with E-state index in [0.717, 1.165) is 11.0 Å². The summed E-state index contributed by atoms with van der Waals surface area (Å²) in [6, 6.07) is 1.97. The number of aromatic nitrogens is 3. The molecule has 0 aliphatic heterocycles. The Morgan fingerprint density at radius 3 is 3.10 bits per heavy atom. The first-order valence-electron chi connectivity index (χ1n) is 6.37. The lowest BCUT2D eigenvalue weighted by Crippen LogP contribution is -2.13. The van der Waals surface area contributed by atoms with Gasteiger partial charge in [-0.25, -0.2) is 4.98 Å². The molecule has 6 nitrogen and oxygen atoms in total. The molecule has 0 fully saturated rings. The maximum atomic E-state index is 10.7. The van der Waals surface area contributed by atoms with E-state index >= 15 is 0 Å². The standard InChI is InChI=1S/C13H17N3O3S/c1-3-19-7-9(2)16-11-4-5-14-6-10(11)15-13(16)20-8-12(17)18/h4-6,9H,3,7-8H2,1-2H3,(H,17,18). The zero-order valence-corrected chi connectivity index (χ0v) is 12.3. The molecular formula is C13H17N3O3S. The van der Waals surface area contributed by atoms with E-state index in [1.54, 1.807) is 12.4 Å². The van der Waals surface area contributed by atoms with Crippen LogP contribution < -0.4 is 0 Å². The molecule has 1 unspecified atom stereocenters. The first-order valence-corrected chi connectivity index (χ1v) is 7.36. The number of ether oxygens (including phenoxy) is 1. The van der Waals surface area contributed by atoms with Gasteiger partial charge < -0.3 is 14.4 Å². The van der Waals surface area contributed by atoms with Crippen LogP contribution in [0.3, 0.4) is 0 Å². The normalized spacial score (nSPS) is 12.7. The maximum Gasteiger partial charge on any atom is 0.313 e. The van der Waals surface area contributed by atoms with E-state index in [1.165, 1.54) is 11.8 Å². The largest absolute Gasteiger partial charge is 0.481 e. The van der Waals surface area contributed by atoms with Gasteiger partial charge in [0.25, 0.3) is 0 Å². The van der Waals surface area contributed by atoms with Crippen molar-refractivity contribution in [3.63, 3.8) is 0 Å². The minimum absolute atomic E-state index is 0.0158. The Morgan fingerprint density at radius 2 is 2.40 bits per heavy atom. The van der Waals surface area contributed by atoms with Crippen molar-refractivity contribution in [3.8, 4) is 0 Å².